The maximum absolute atomic E-state index is 12.1. The number of nitrogens with zero attached hydrogens (tertiary/aromatic N) is 1. The lowest BCUT2D eigenvalue weighted by atomic mass is 10.1. The first-order valence-electron chi connectivity index (χ1n) is 5.43. The molecule has 0 unspecified atom stereocenters. The summed E-state index contributed by atoms with van der Waals surface area (Å²) in [5, 5.41) is 8.37. The fourth-order valence-electron chi connectivity index (χ4n) is 2.05. The third-order valence-corrected chi connectivity index (χ3v) is 3.04. The Morgan fingerprint density at radius 1 is 1.28 bits per heavy atom. The molecule has 0 saturated heterocycles. The highest BCUT2D eigenvalue weighted by molar-refractivity contribution is 7.80. The molecule has 2 aromatic rings. The van der Waals surface area contributed by atoms with E-state index in [4.69, 9.17) is 12.2 Å². The Morgan fingerprint density at radius 3 is 2.89 bits per heavy atom. The van der Waals surface area contributed by atoms with Gasteiger partial charge in [-0.2, -0.15) is 5.10 Å². The maximum atomic E-state index is 12.1. The first kappa shape index (κ1) is 10.9. The van der Waals surface area contributed by atoms with Crippen molar-refractivity contribution in [3.8, 4) is 0 Å². The summed E-state index contributed by atoms with van der Waals surface area (Å²) in [6.45, 7) is 1.77. The molecule has 3 N–H and O–H groups in total. The number of aromatic amines is 1. The lowest BCUT2D eigenvalue weighted by molar-refractivity contribution is 1.04. The third kappa shape index (κ3) is 1.58. The number of benzene rings is 1. The van der Waals surface area contributed by atoms with Gasteiger partial charge in [0.1, 0.15) is 0 Å². The number of pyridine rings is 1. The first-order valence-corrected chi connectivity index (χ1v) is 5.84. The number of hydrazone groups is 1. The summed E-state index contributed by atoms with van der Waals surface area (Å²) in [5.74, 6) is 0. The van der Waals surface area contributed by atoms with Crippen molar-refractivity contribution in [2.24, 2.45) is 5.10 Å². The summed E-state index contributed by atoms with van der Waals surface area (Å²) in [6.07, 6.45) is 0. The number of para-hydroxylation sites is 1. The molecule has 0 aliphatic carbocycles. The van der Waals surface area contributed by atoms with Gasteiger partial charge >= 0.3 is 0 Å². The molecule has 3 rings (SSSR count). The molecule has 1 aliphatic rings. The van der Waals surface area contributed by atoms with Crippen molar-refractivity contribution in [2.45, 2.75) is 6.92 Å². The summed E-state index contributed by atoms with van der Waals surface area (Å²) in [6, 6.07) is 7.57. The van der Waals surface area contributed by atoms with Crippen molar-refractivity contribution in [1.82, 2.24) is 10.4 Å². The van der Waals surface area contributed by atoms with Gasteiger partial charge in [-0.15, -0.1) is 0 Å². The molecule has 1 aromatic carbocycles. The Hall–Kier alpha value is -2.21. The van der Waals surface area contributed by atoms with Gasteiger partial charge in [0.2, 0.25) is 0 Å². The zero-order valence-electron chi connectivity index (χ0n) is 9.57. The monoisotopic (exact) mass is 258 g/mol. The molecular formula is C12H10N4OS. The Morgan fingerprint density at radius 2 is 2.06 bits per heavy atom. The zero-order valence-corrected chi connectivity index (χ0v) is 10.4. The third-order valence-electron chi connectivity index (χ3n) is 2.85. The fraction of sp³-hybridized carbons (Fsp3) is 0.0833. The highest BCUT2D eigenvalue weighted by atomic mass is 32.1. The van der Waals surface area contributed by atoms with E-state index in [2.05, 4.69) is 20.8 Å². The van der Waals surface area contributed by atoms with Gasteiger partial charge in [0.15, 0.2) is 5.11 Å². The average Bonchev–Trinajstić information content (AvgIpc) is 2.50. The molecule has 18 heavy (non-hydrogen) atoms. The number of aromatic nitrogens is 1. The minimum Gasteiger partial charge on any atom is -0.330 e. The van der Waals surface area contributed by atoms with Gasteiger partial charge in [-0.05, 0) is 25.2 Å². The van der Waals surface area contributed by atoms with Crippen LogP contribution in [0.5, 0.6) is 0 Å². The van der Waals surface area contributed by atoms with Gasteiger partial charge in [-0.3, -0.25) is 10.2 Å². The Balaban J connectivity index is 2.47. The molecular weight excluding hydrogens is 248 g/mol. The van der Waals surface area contributed by atoms with Gasteiger partial charge in [0.05, 0.1) is 22.5 Å². The lowest BCUT2D eigenvalue weighted by Gasteiger charge is -2.10. The second-order valence-electron chi connectivity index (χ2n) is 4.01. The van der Waals surface area contributed by atoms with Crippen molar-refractivity contribution in [3.63, 3.8) is 0 Å². The van der Waals surface area contributed by atoms with E-state index >= 15 is 0 Å². The second-order valence-corrected chi connectivity index (χ2v) is 4.42. The Kier molecular flexibility index (Phi) is 2.38. The number of H-pyrrole nitrogens is 1. The SMILES string of the molecule is CC1=NNC(=S)Nc2c1c(=O)[nH]c1ccccc21. The molecule has 2 heterocycles. The van der Waals surface area contributed by atoms with E-state index in [0.29, 0.717) is 22.1 Å². The number of rotatable bonds is 0. The van der Waals surface area contributed by atoms with E-state index < -0.39 is 0 Å². The van der Waals surface area contributed by atoms with Crippen LogP contribution in [0.4, 0.5) is 5.69 Å². The summed E-state index contributed by atoms with van der Waals surface area (Å²) >= 11 is 5.09. The van der Waals surface area contributed by atoms with Crippen LogP contribution in [0.1, 0.15) is 12.5 Å². The molecule has 5 nitrogen and oxygen atoms in total. The van der Waals surface area contributed by atoms with Gasteiger partial charge in [-0.25, -0.2) is 0 Å². The summed E-state index contributed by atoms with van der Waals surface area (Å²) < 4.78 is 0. The first-order chi connectivity index (χ1) is 8.66. The van der Waals surface area contributed by atoms with E-state index in [1.54, 1.807) is 6.92 Å². The van der Waals surface area contributed by atoms with Crippen LogP contribution in [0.2, 0.25) is 0 Å². The normalized spacial score (nSPS) is 14.3. The van der Waals surface area contributed by atoms with Crippen LogP contribution in [0.3, 0.4) is 0 Å². The molecule has 0 saturated carbocycles. The van der Waals surface area contributed by atoms with Gasteiger partial charge < -0.3 is 10.3 Å². The minimum atomic E-state index is -0.177. The van der Waals surface area contributed by atoms with Crippen LogP contribution in [0, 0.1) is 0 Å². The molecule has 0 spiro atoms. The van der Waals surface area contributed by atoms with Crippen LogP contribution >= 0.6 is 12.2 Å². The summed E-state index contributed by atoms with van der Waals surface area (Å²) in [4.78, 5) is 14.9. The topological polar surface area (TPSA) is 69.3 Å². The minimum absolute atomic E-state index is 0.177. The van der Waals surface area contributed by atoms with Crippen molar-refractivity contribution < 1.29 is 0 Å². The Labute approximate surface area is 108 Å². The molecule has 0 amide bonds. The highest BCUT2D eigenvalue weighted by Gasteiger charge is 2.18. The van der Waals surface area contributed by atoms with Gasteiger partial charge in [0, 0.05) is 5.39 Å². The number of anilines is 1. The number of hydrogen-bond acceptors (Lipinski definition) is 3. The fourth-order valence-corrected chi connectivity index (χ4v) is 2.20. The molecule has 0 atom stereocenters. The van der Waals surface area contributed by atoms with Crippen LogP contribution in [0.15, 0.2) is 34.2 Å². The highest BCUT2D eigenvalue weighted by Crippen LogP contribution is 2.24. The summed E-state index contributed by atoms with van der Waals surface area (Å²) in [5.41, 5.74) is 5.10. The van der Waals surface area contributed by atoms with Crippen LogP contribution < -0.4 is 16.3 Å². The number of fused-ring (bicyclic) bond motifs is 3. The van der Waals surface area contributed by atoms with Crippen molar-refractivity contribution in [3.05, 3.63) is 40.2 Å². The number of thiocarbonyl (C=S) groups is 1. The molecule has 6 heteroatoms. The molecule has 0 bridgehead atoms. The van der Waals surface area contributed by atoms with Crippen LogP contribution in [-0.2, 0) is 0 Å². The molecule has 1 aromatic heterocycles. The van der Waals surface area contributed by atoms with Crippen LogP contribution in [-0.4, -0.2) is 15.8 Å². The van der Waals surface area contributed by atoms with E-state index in [-0.39, 0.29) is 5.56 Å². The molecule has 1 aliphatic heterocycles. The second kappa shape index (κ2) is 3.92. The standard InChI is InChI=1S/C12H10N4OS/c1-6-9-10(14-12(18)16-15-6)7-4-2-3-5-8(7)13-11(9)17/h2-5H,1H3,(H,13,17)(H2,14,16,18). The molecule has 0 fully saturated rings. The Bertz CT molecular complexity index is 747. The zero-order chi connectivity index (χ0) is 12.7. The average molecular weight is 258 g/mol. The van der Waals surface area contributed by atoms with Crippen molar-refractivity contribution in [1.29, 1.82) is 0 Å². The molecule has 90 valence electrons. The van der Waals surface area contributed by atoms with E-state index in [1.165, 1.54) is 0 Å². The van der Waals surface area contributed by atoms with Gasteiger partial charge in [-0.1, -0.05) is 18.2 Å². The van der Waals surface area contributed by atoms with Crippen LogP contribution in [0.25, 0.3) is 10.9 Å². The number of nitrogens with one attached hydrogen (secondary N) is 3. The maximum Gasteiger partial charge on any atom is 0.259 e. The number of hydrogen-bond donors (Lipinski definition) is 3. The largest absolute Gasteiger partial charge is 0.330 e. The molecule has 0 radical (unpaired) electrons. The quantitative estimate of drug-likeness (QED) is 0.627. The summed E-state index contributed by atoms with van der Waals surface area (Å²) in [7, 11) is 0. The predicted octanol–water partition coefficient (Wildman–Crippen LogP) is 1.55. The van der Waals surface area contributed by atoms with Gasteiger partial charge in [0.25, 0.3) is 5.56 Å². The van der Waals surface area contributed by atoms with E-state index in [9.17, 15) is 4.79 Å². The smallest absolute Gasteiger partial charge is 0.259 e. The van der Waals surface area contributed by atoms with E-state index in [0.717, 1.165) is 10.9 Å². The van der Waals surface area contributed by atoms with Crippen molar-refractivity contribution in [2.75, 3.05) is 5.32 Å². The predicted molar refractivity (Wildman–Crippen MR) is 76.1 cm³/mol. The lowest BCUT2D eigenvalue weighted by Crippen LogP contribution is -2.23. The van der Waals surface area contributed by atoms with Crippen molar-refractivity contribution >= 4 is 39.6 Å². The van der Waals surface area contributed by atoms with E-state index in [1.807, 2.05) is 24.3 Å².